The molecule has 0 saturated carbocycles. The molecule has 7 nitrogen and oxygen atoms in total. The third-order valence-electron chi connectivity index (χ3n) is 3.32. The van der Waals surface area contributed by atoms with Crippen molar-refractivity contribution in [3.8, 4) is 5.75 Å². The second-order valence-electron chi connectivity index (χ2n) is 5.17. The van der Waals surface area contributed by atoms with Gasteiger partial charge in [0.1, 0.15) is 17.3 Å². The molecule has 1 heterocycles. The van der Waals surface area contributed by atoms with Gasteiger partial charge in [-0.3, -0.25) is 5.10 Å². The van der Waals surface area contributed by atoms with E-state index in [-0.39, 0.29) is 5.75 Å². The molecule has 0 spiro atoms. The molecular formula is C16H12Cl2N6OS. The summed E-state index contributed by atoms with van der Waals surface area (Å²) < 4.78 is 1.79. The number of azo groups is 1. The van der Waals surface area contributed by atoms with Gasteiger partial charge in [-0.25, -0.2) is 0 Å². The van der Waals surface area contributed by atoms with Crippen LogP contribution in [-0.4, -0.2) is 26.2 Å². The summed E-state index contributed by atoms with van der Waals surface area (Å²) >= 11 is 17.0. The summed E-state index contributed by atoms with van der Waals surface area (Å²) in [5, 5.41) is 29.9. The molecule has 0 unspecified atom stereocenters. The molecule has 3 rings (SSSR count). The van der Waals surface area contributed by atoms with Crippen molar-refractivity contribution in [2.24, 2.45) is 15.3 Å². The van der Waals surface area contributed by atoms with Crippen LogP contribution < -0.4 is 0 Å². The summed E-state index contributed by atoms with van der Waals surface area (Å²) in [7, 11) is 0. The highest BCUT2D eigenvalue weighted by Gasteiger charge is 2.03. The predicted octanol–water partition coefficient (Wildman–Crippen LogP) is 5.56. The maximum atomic E-state index is 10.0. The van der Waals surface area contributed by atoms with E-state index in [2.05, 4.69) is 25.5 Å². The lowest BCUT2D eigenvalue weighted by Gasteiger charge is -2.01. The van der Waals surface area contributed by atoms with Gasteiger partial charge >= 0.3 is 0 Å². The number of aromatic nitrogens is 3. The summed E-state index contributed by atoms with van der Waals surface area (Å²) in [4.78, 5) is 0. The van der Waals surface area contributed by atoms with E-state index in [1.807, 2.05) is 0 Å². The maximum Gasteiger partial charge on any atom is 0.216 e. The first-order chi connectivity index (χ1) is 12.4. The van der Waals surface area contributed by atoms with Gasteiger partial charge in [-0.1, -0.05) is 23.2 Å². The third-order valence-corrected chi connectivity index (χ3v) is 4.12. The number of aryl methyl sites for hydroxylation is 1. The van der Waals surface area contributed by atoms with Crippen molar-refractivity contribution in [3.05, 3.63) is 62.6 Å². The van der Waals surface area contributed by atoms with Crippen LogP contribution in [0.2, 0.25) is 10.0 Å². The van der Waals surface area contributed by atoms with Gasteiger partial charge < -0.3 is 5.11 Å². The van der Waals surface area contributed by atoms with Gasteiger partial charge in [0, 0.05) is 10.6 Å². The van der Waals surface area contributed by atoms with Crippen molar-refractivity contribution in [1.29, 1.82) is 0 Å². The monoisotopic (exact) mass is 406 g/mol. The largest absolute Gasteiger partial charge is 0.507 e. The first kappa shape index (κ1) is 18.2. The highest BCUT2D eigenvalue weighted by Crippen LogP contribution is 2.30. The Hall–Kier alpha value is -2.55. The van der Waals surface area contributed by atoms with Crippen LogP contribution in [0, 0.1) is 11.7 Å². The van der Waals surface area contributed by atoms with Crippen LogP contribution in [0.1, 0.15) is 11.4 Å². The van der Waals surface area contributed by atoms with Crippen LogP contribution in [0.3, 0.4) is 0 Å². The molecule has 1 aromatic heterocycles. The highest BCUT2D eigenvalue weighted by atomic mass is 35.5. The number of H-pyrrole nitrogens is 1. The van der Waals surface area contributed by atoms with Crippen molar-refractivity contribution in [2.75, 3.05) is 0 Å². The Balaban J connectivity index is 1.88. The minimum Gasteiger partial charge on any atom is -0.507 e. The smallest absolute Gasteiger partial charge is 0.216 e. The molecule has 0 amide bonds. The van der Waals surface area contributed by atoms with Crippen molar-refractivity contribution < 1.29 is 5.11 Å². The van der Waals surface area contributed by atoms with Gasteiger partial charge in [0.2, 0.25) is 4.77 Å². The molecule has 0 fully saturated rings. The topological polar surface area (TPSA) is 90.9 Å². The zero-order valence-electron chi connectivity index (χ0n) is 13.4. The minimum absolute atomic E-state index is 0.0462. The maximum absolute atomic E-state index is 10.0. The molecule has 10 heteroatoms. The van der Waals surface area contributed by atoms with Gasteiger partial charge in [-0.15, -0.1) is 5.11 Å². The average Bonchev–Trinajstić information content (AvgIpc) is 2.92. The van der Waals surface area contributed by atoms with E-state index in [0.717, 1.165) is 0 Å². The fraction of sp³-hybridized carbons (Fsp3) is 0.0625. The fourth-order valence-corrected chi connectivity index (χ4v) is 2.68. The lowest BCUT2D eigenvalue weighted by Crippen LogP contribution is -1.94. The molecule has 2 N–H and O–H groups in total. The highest BCUT2D eigenvalue weighted by molar-refractivity contribution is 7.71. The van der Waals surface area contributed by atoms with Crippen molar-refractivity contribution >= 4 is 53.0 Å². The Morgan fingerprint density at radius 3 is 2.69 bits per heavy atom. The van der Waals surface area contributed by atoms with E-state index < -0.39 is 0 Å². The minimum atomic E-state index is 0.0462. The average molecular weight is 407 g/mol. The second kappa shape index (κ2) is 7.77. The predicted molar refractivity (Wildman–Crippen MR) is 104 cm³/mol. The van der Waals surface area contributed by atoms with E-state index >= 15 is 0 Å². The first-order valence-corrected chi connectivity index (χ1v) is 8.48. The number of aromatic amines is 1. The lowest BCUT2D eigenvalue weighted by molar-refractivity contribution is 0.474. The van der Waals surface area contributed by atoms with Crippen LogP contribution in [0.4, 0.5) is 11.4 Å². The Morgan fingerprint density at radius 2 is 2.00 bits per heavy atom. The van der Waals surface area contributed by atoms with Crippen molar-refractivity contribution in [1.82, 2.24) is 14.9 Å². The Bertz CT molecular complexity index is 1070. The Kier molecular flexibility index (Phi) is 5.46. The Morgan fingerprint density at radius 1 is 1.19 bits per heavy atom. The molecule has 0 atom stereocenters. The van der Waals surface area contributed by atoms with E-state index in [9.17, 15) is 5.11 Å². The zero-order chi connectivity index (χ0) is 18.7. The fourth-order valence-electron chi connectivity index (χ4n) is 2.01. The number of halogens is 2. The number of nitrogens with zero attached hydrogens (tertiary/aromatic N) is 5. The second-order valence-corrected chi connectivity index (χ2v) is 6.40. The normalized spacial score (nSPS) is 11.7. The molecule has 0 saturated heterocycles. The first-order valence-electron chi connectivity index (χ1n) is 7.32. The van der Waals surface area contributed by atoms with Gasteiger partial charge in [-0.2, -0.15) is 20.0 Å². The van der Waals surface area contributed by atoms with E-state index in [4.69, 9.17) is 35.4 Å². The number of phenolic OH excluding ortho intramolecular Hbond substituents is 1. The molecule has 0 aliphatic carbocycles. The van der Waals surface area contributed by atoms with Crippen LogP contribution in [0.15, 0.2) is 51.7 Å². The van der Waals surface area contributed by atoms with Gasteiger partial charge in [0.15, 0.2) is 0 Å². The summed E-state index contributed by atoms with van der Waals surface area (Å²) in [5.41, 5.74) is 1.45. The van der Waals surface area contributed by atoms with Crippen molar-refractivity contribution in [3.63, 3.8) is 0 Å². The van der Waals surface area contributed by atoms with E-state index in [1.54, 1.807) is 37.3 Å². The standard InChI is InChI=1S/C16H12Cl2N6OS/c1-9-20-23-16(26)24(9)19-8-10-6-12(3-5-15(10)25)21-22-14-4-2-11(17)7-13(14)18/h2-8,25H,1H3,(H,23,26)/b19-8+,22-21?. The van der Waals surface area contributed by atoms with Crippen LogP contribution >= 0.6 is 35.4 Å². The summed E-state index contributed by atoms with van der Waals surface area (Å²) in [6.45, 7) is 1.75. The van der Waals surface area contributed by atoms with Crippen LogP contribution in [-0.2, 0) is 0 Å². The van der Waals surface area contributed by atoms with E-state index in [1.165, 1.54) is 17.0 Å². The van der Waals surface area contributed by atoms with Gasteiger partial charge in [0.05, 0.1) is 16.9 Å². The number of aromatic hydroxyl groups is 1. The number of hydrogen-bond acceptors (Lipinski definition) is 6. The molecule has 0 aliphatic rings. The molecule has 0 radical (unpaired) electrons. The molecule has 2 aromatic carbocycles. The molecule has 0 aliphatic heterocycles. The summed E-state index contributed by atoms with van der Waals surface area (Å²) in [6.07, 6.45) is 1.46. The molecule has 26 heavy (non-hydrogen) atoms. The number of hydrogen-bond donors (Lipinski definition) is 2. The lowest BCUT2D eigenvalue weighted by atomic mass is 10.2. The SMILES string of the molecule is Cc1n[nH]c(=S)n1/N=C/c1cc(N=Nc2ccc(Cl)cc2Cl)ccc1O. The number of phenols is 1. The third kappa shape index (κ3) is 4.16. The number of nitrogens with one attached hydrogen (secondary N) is 1. The van der Waals surface area contributed by atoms with Crippen LogP contribution in [0.5, 0.6) is 5.75 Å². The molecule has 3 aromatic rings. The van der Waals surface area contributed by atoms with E-state index in [0.29, 0.717) is 37.6 Å². The quantitative estimate of drug-likeness (QED) is 0.337. The number of benzene rings is 2. The van der Waals surface area contributed by atoms with Gasteiger partial charge in [-0.05, 0) is 55.5 Å². The number of rotatable bonds is 4. The summed E-state index contributed by atoms with van der Waals surface area (Å²) in [5.74, 6) is 0.642. The zero-order valence-corrected chi connectivity index (χ0v) is 15.7. The summed E-state index contributed by atoms with van der Waals surface area (Å²) in [6, 6.07) is 9.68. The molecular weight excluding hydrogens is 395 g/mol. The van der Waals surface area contributed by atoms with Crippen LogP contribution in [0.25, 0.3) is 0 Å². The van der Waals surface area contributed by atoms with Crippen molar-refractivity contribution in [2.45, 2.75) is 6.92 Å². The molecule has 0 bridgehead atoms. The van der Waals surface area contributed by atoms with Gasteiger partial charge in [0.25, 0.3) is 0 Å². The molecule has 132 valence electrons. The Labute approximate surface area is 163 Å².